The lowest BCUT2D eigenvalue weighted by atomic mass is 10.1. The molecule has 1 aliphatic heterocycles. The van der Waals surface area contributed by atoms with E-state index < -0.39 is 17.6 Å². The molecule has 3 rings (SSSR count). The molecule has 0 saturated carbocycles. The summed E-state index contributed by atoms with van der Waals surface area (Å²) in [5, 5.41) is 2.76. The normalized spacial score (nSPS) is 15.6. The number of piperazine rings is 1. The highest BCUT2D eigenvalue weighted by Crippen LogP contribution is 2.32. The van der Waals surface area contributed by atoms with Crippen LogP contribution >= 0.6 is 0 Å². The highest BCUT2D eigenvalue weighted by Gasteiger charge is 2.27. The van der Waals surface area contributed by atoms with E-state index in [0.717, 1.165) is 0 Å². The summed E-state index contributed by atoms with van der Waals surface area (Å²) < 4.78 is 14.2. The Morgan fingerprint density at radius 1 is 1.30 bits per heavy atom. The Morgan fingerprint density at radius 2 is 2.00 bits per heavy atom. The van der Waals surface area contributed by atoms with Gasteiger partial charge in [-0.05, 0) is 18.2 Å². The molecule has 0 unspecified atom stereocenters. The lowest BCUT2D eigenvalue weighted by Crippen LogP contribution is -2.51. The van der Waals surface area contributed by atoms with E-state index >= 15 is 0 Å². The zero-order valence-electron chi connectivity index (χ0n) is 10.4. The molecule has 0 atom stereocenters. The van der Waals surface area contributed by atoms with Gasteiger partial charge in [-0.2, -0.15) is 0 Å². The number of pyridine rings is 1. The third-order valence-electron chi connectivity index (χ3n) is 3.12. The smallest absolute Gasteiger partial charge is 0.246 e. The summed E-state index contributed by atoms with van der Waals surface area (Å²) in [6.07, 6.45) is 1.51. The molecule has 0 radical (unpaired) electrons. The van der Waals surface area contributed by atoms with Crippen molar-refractivity contribution in [3.8, 4) is 0 Å². The second kappa shape index (κ2) is 4.44. The number of imide groups is 1. The molecule has 2 amide bonds. The molecule has 6 nitrogen and oxygen atoms in total. The first-order valence-electron chi connectivity index (χ1n) is 5.96. The zero-order chi connectivity index (χ0) is 14.3. The fourth-order valence-corrected chi connectivity index (χ4v) is 2.32. The minimum Gasteiger partial charge on any atom is -0.398 e. The van der Waals surface area contributed by atoms with Crippen LogP contribution in [0.15, 0.2) is 24.4 Å². The Labute approximate surface area is 113 Å². The van der Waals surface area contributed by atoms with Crippen LogP contribution < -0.4 is 16.0 Å². The van der Waals surface area contributed by atoms with Crippen molar-refractivity contribution in [3.63, 3.8) is 0 Å². The molecule has 7 heteroatoms. The molecule has 3 N–H and O–H groups in total. The first-order chi connectivity index (χ1) is 9.56. The van der Waals surface area contributed by atoms with Crippen molar-refractivity contribution in [2.24, 2.45) is 0 Å². The molecule has 0 aliphatic carbocycles. The van der Waals surface area contributed by atoms with Crippen LogP contribution in [0.1, 0.15) is 0 Å². The monoisotopic (exact) mass is 274 g/mol. The van der Waals surface area contributed by atoms with Gasteiger partial charge >= 0.3 is 0 Å². The number of nitrogen functional groups attached to an aromatic ring is 1. The van der Waals surface area contributed by atoms with Gasteiger partial charge in [0.25, 0.3) is 0 Å². The second-order valence-corrected chi connectivity index (χ2v) is 4.52. The van der Waals surface area contributed by atoms with Crippen LogP contribution in [0.5, 0.6) is 0 Å². The fourth-order valence-electron chi connectivity index (χ4n) is 2.32. The van der Waals surface area contributed by atoms with Crippen molar-refractivity contribution in [2.75, 3.05) is 23.7 Å². The maximum atomic E-state index is 14.2. The number of benzene rings is 1. The Kier molecular flexibility index (Phi) is 2.74. The molecular weight excluding hydrogens is 263 g/mol. The van der Waals surface area contributed by atoms with Crippen molar-refractivity contribution in [3.05, 3.63) is 30.2 Å². The fraction of sp³-hybridized carbons (Fsp3) is 0.154. The number of nitrogens with zero attached hydrogens (tertiary/aromatic N) is 2. The maximum Gasteiger partial charge on any atom is 0.246 e. The van der Waals surface area contributed by atoms with E-state index in [2.05, 4.69) is 10.3 Å². The van der Waals surface area contributed by atoms with Gasteiger partial charge < -0.3 is 10.6 Å². The summed E-state index contributed by atoms with van der Waals surface area (Å²) in [4.78, 5) is 28.4. The van der Waals surface area contributed by atoms with Gasteiger partial charge in [0.2, 0.25) is 11.8 Å². The Morgan fingerprint density at radius 3 is 2.70 bits per heavy atom. The highest BCUT2D eigenvalue weighted by molar-refractivity contribution is 6.06. The van der Waals surface area contributed by atoms with Gasteiger partial charge in [0, 0.05) is 17.3 Å². The molecule has 2 aromatic rings. The number of carbonyl (C=O) groups excluding carboxylic acids is 2. The standard InChI is InChI=1S/C13H11FN4O2/c14-8-4-9(15)7-2-1-3-16-12(7)13(8)18-5-10(19)17-11(20)6-18/h1-4H,5-6,15H2,(H,17,19,20). The third kappa shape index (κ3) is 1.93. The molecule has 1 fully saturated rings. The van der Waals surface area contributed by atoms with Gasteiger partial charge in [-0.1, -0.05) is 0 Å². The van der Waals surface area contributed by atoms with Crippen LogP contribution in [0.4, 0.5) is 15.8 Å². The van der Waals surface area contributed by atoms with Gasteiger partial charge in [-0.3, -0.25) is 19.9 Å². The highest BCUT2D eigenvalue weighted by atomic mass is 19.1. The van der Waals surface area contributed by atoms with E-state index in [1.54, 1.807) is 12.1 Å². The average molecular weight is 274 g/mol. The average Bonchev–Trinajstić information content (AvgIpc) is 2.37. The molecule has 1 aromatic carbocycles. The Balaban J connectivity index is 2.20. The summed E-state index contributed by atoms with van der Waals surface area (Å²) >= 11 is 0. The molecule has 2 heterocycles. The van der Waals surface area contributed by atoms with Crippen LogP contribution in [0, 0.1) is 5.82 Å². The van der Waals surface area contributed by atoms with Crippen LogP contribution in [0.25, 0.3) is 10.9 Å². The molecule has 20 heavy (non-hydrogen) atoms. The van der Waals surface area contributed by atoms with Crippen molar-refractivity contribution < 1.29 is 14.0 Å². The molecule has 0 bridgehead atoms. The summed E-state index contributed by atoms with van der Waals surface area (Å²) in [5.74, 6) is -1.54. The third-order valence-corrected chi connectivity index (χ3v) is 3.12. The van der Waals surface area contributed by atoms with E-state index in [0.29, 0.717) is 10.9 Å². The number of carbonyl (C=O) groups is 2. The van der Waals surface area contributed by atoms with Crippen molar-refractivity contribution in [2.45, 2.75) is 0 Å². The molecule has 1 aliphatic rings. The number of fused-ring (bicyclic) bond motifs is 1. The number of nitrogens with one attached hydrogen (secondary N) is 1. The Hall–Kier alpha value is -2.70. The first kappa shape index (κ1) is 12.3. The lowest BCUT2D eigenvalue weighted by molar-refractivity contribution is -0.130. The molecule has 1 saturated heterocycles. The largest absolute Gasteiger partial charge is 0.398 e. The molecule has 1 aromatic heterocycles. The van der Waals surface area contributed by atoms with Gasteiger partial charge in [0.05, 0.1) is 18.6 Å². The summed E-state index contributed by atoms with van der Waals surface area (Å²) in [5.41, 5.74) is 6.49. The Bertz CT molecular complexity index is 716. The topological polar surface area (TPSA) is 88.3 Å². The number of halogens is 1. The minimum atomic E-state index is -0.601. The van der Waals surface area contributed by atoms with Gasteiger partial charge in [0.1, 0.15) is 5.69 Å². The number of rotatable bonds is 1. The number of hydrogen-bond donors (Lipinski definition) is 2. The zero-order valence-corrected chi connectivity index (χ0v) is 10.4. The summed E-state index contributed by atoms with van der Waals surface area (Å²) in [6.45, 7) is -0.198. The second-order valence-electron chi connectivity index (χ2n) is 4.52. The lowest BCUT2D eigenvalue weighted by Gasteiger charge is -2.28. The van der Waals surface area contributed by atoms with E-state index in [4.69, 9.17) is 5.73 Å². The van der Waals surface area contributed by atoms with Crippen LogP contribution in [-0.2, 0) is 9.59 Å². The van der Waals surface area contributed by atoms with Gasteiger partial charge in [0.15, 0.2) is 5.82 Å². The van der Waals surface area contributed by atoms with E-state index in [1.165, 1.54) is 17.2 Å². The predicted molar refractivity (Wildman–Crippen MR) is 71.5 cm³/mol. The van der Waals surface area contributed by atoms with Crippen LogP contribution in [0.3, 0.4) is 0 Å². The maximum absolute atomic E-state index is 14.2. The van der Waals surface area contributed by atoms with Gasteiger partial charge in [-0.15, -0.1) is 0 Å². The summed E-state index contributed by atoms with van der Waals surface area (Å²) in [6, 6.07) is 4.58. The molecular formula is C13H11FN4O2. The minimum absolute atomic E-state index is 0.0990. The van der Waals surface area contributed by atoms with E-state index in [9.17, 15) is 14.0 Å². The predicted octanol–water partition coefficient (Wildman–Crippen LogP) is 0.419. The first-order valence-corrected chi connectivity index (χ1v) is 5.96. The van der Waals surface area contributed by atoms with E-state index in [1.807, 2.05) is 0 Å². The SMILES string of the molecule is Nc1cc(F)c(N2CC(=O)NC(=O)C2)c2ncccc12. The molecule has 102 valence electrons. The van der Waals surface area contributed by atoms with Crippen LogP contribution in [0.2, 0.25) is 0 Å². The quantitative estimate of drug-likeness (QED) is 0.581. The van der Waals surface area contributed by atoms with Crippen molar-refractivity contribution in [1.29, 1.82) is 0 Å². The van der Waals surface area contributed by atoms with E-state index in [-0.39, 0.29) is 24.5 Å². The van der Waals surface area contributed by atoms with Crippen molar-refractivity contribution in [1.82, 2.24) is 10.3 Å². The van der Waals surface area contributed by atoms with Crippen LogP contribution in [-0.4, -0.2) is 29.9 Å². The number of hydrogen-bond acceptors (Lipinski definition) is 5. The summed E-state index contributed by atoms with van der Waals surface area (Å²) in [7, 11) is 0. The molecule has 0 spiro atoms. The van der Waals surface area contributed by atoms with Gasteiger partial charge in [-0.25, -0.2) is 4.39 Å². The van der Waals surface area contributed by atoms with Crippen molar-refractivity contribution >= 4 is 34.1 Å². The number of nitrogens with two attached hydrogens (primary N) is 1. The number of amides is 2. The number of aromatic nitrogens is 1. The number of anilines is 2.